The van der Waals surface area contributed by atoms with Gasteiger partial charge in [0.05, 0.1) is 6.04 Å². The fourth-order valence-electron chi connectivity index (χ4n) is 4.65. The average Bonchev–Trinajstić information content (AvgIpc) is 3.21. The number of nitrogens with zero attached hydrogens (tertiary/aromatic N) is 3. The molecule has 3 heterocycles. The molecule has 2 aromatic rings. The Morgan fingerprint density at radius 1 is 0.897 bits per heavy atom. The van der Waals surface area contributed by atoms with Crippen LogP contribution in [0.25, 0.3) is 0 Å². The average molecular weight is 394 g/mol. The van der Waals surface area contributed by atoms with E-state index in [1.165, 1.54) is 5.69 Å². The van der Waals surface area contributed by atoms with E-state index in [1.54, 1.807) is 0 Å². The van der Waals surface area contributed by atoms with Gasteiger partial charge in [0.25, 0.3) is 0 Å². The van der Waals surface area contributed by atoms with Gasteiger partial charge in [-0.15, -0.1) is 0 Å². The number of aromatic nitrogens is 1. The van der Waals surface area contributed by atoms with Crippen molar-refractivity contribution in [3.05, 3.63) is 59.9 Å². The zero-order chi connectivity index (χ0) is 20.6. The fourth-order valence-corrected chi connectivity index (χ4v) is 4.65. The molecule has 0 radical (unpaired) electrons. The molecule has 2 aliphatic heterocycles. The van der Waals surface area contributed by atoms with Gasteiger partial charge in [0.1, 0.15) is 0 Å². The monoisotopic (exact) mass is 393 g/mol. The smallest absolute Gasteiger partial charge is 0.227 e. The van der Waals surface area contributed by atoms with E-state index < -0.39 is 0 Å². The second kappa shape index (κ2) is 7.69. The topological polar surface area (TPSA) is 45.6 Å². The molecule has 1 unspecified atom stereocenters. The Morgan fingerprint density at radius 2 is 1.59 bits per heavy atom. The summed E-state index contributed by atoms with van der Waals surface area (Å²) < 4.78 is 2.26. The third-order valence-corrected chi connectivity index (χ3v) is 6.21. The molecule has 0 spiro atoms. The Labute approximate surface area is 173 Å². The molecular weight excluding hydrogens is 362 g/mol. The number of carbonyl (C=O) groups is 2. The second-order valence-corrected chi connectivity index (χ2v) is 9.29. The van der Waals surface area contributed by atoms with Crippen LogP contribution in [0.4, 0.5) is 0 Å². The number of piperidine rings is 1. The van der Waals surface area contributed by atoms with Crippen LogP contribution in [0, 0.1) is 11.3 Å². The van der Waals surface area contributed by atoms with Crippen LogP contribution < -0.4 is 0 Å². The quantitative estimate of drug-likeness (QED) is 0.781. The lowest BCUT2D eigenvalue weighted by molar-refractivity contribution is -0.146. The predicted octanol–water partition coefficient (Wildman–Crippen LogP) is 3.70. The number of amides is 2. The first-order valence-electron chi connectivity index (χ1n) is 10.7. The summed E-state index contributed by atoms with van der Waals surface area (Å²) in [4.78, 5) is 30.1. The highest BCUT2D eigenvalue weighted by Crippen LogP contribution is 2.35. The minimum absolute atomic E-state index is 0.00765. The van der Waals surface area contributed by atoms with Crippen LogP contribution in [-0.2, 0) is 16.1 Å². The maximum absolute atomic E-state index is 13.6. The van der Waals surface area contributed by atoms with E-state index in [0.717, 1.165) is 31.5 Å². The van der Waals surface area contributed by atoms with E-state index >= 15 is 0 Å². The molecule has 1 aromatic heterocycles. The van der Waals surface area contributed by atoms with Crippen molar-refractivity contribution in [2.24, 2.45) is 11.3 Å². The minimum atomic E-state index is -0.368. The summed E-state index contributed by atoms with van der Waals surface area (Å²) in [7, 11) is 0. The predicted molar refractivity (Wildman–Crippen MR) is 113 cm³/mol. The van der Waals surface area contributed by atoms with Crippen molar-refractivity contribution in [1.82, 2.24) is 14.4 Å². The number of carbonyl (C=O) groups excluding carboxylic acids is 2. The van der Waals surface area contributed by atoms with E-state index in [-0.39, 0.29) is 29.2 Å². The van der Waals surface area contributed by atoms with Crippen molar-refractivity contribution in [2.75, 3.05) is 19.6 Å². The van der Waals surface area contributed by atoms with Gasteiger partial charge in [0, 0.05) is 49.4 Å². The Kier molecular flexibility index (Phi) is 5.24. The zero-order valence-electron chi connectivity index (χ0n) is 17.7. The summed E-state index contributed by atoms with van der Waals surface area (Å²) in [6.07, 6.45) is 3.60. The van der Waals surface area contributed by atoms with Crippen LogP contribution in [0.15, 0.2) is 48.7 Å². The highest BCUT2D eigenvalue weighted by atomic mass is 16.2. The van der Waals surface area contributed by atoms with Crippen molar-refractivity contribution in [2.45, 2.75) is 46.2 Å². The molecule has 1 aromatic carbocycles. The van der Waals surface area contributed by atoms with Crippen LogP contribution in [0.1, 0.15) is 50.9 Å². The number of fused-ring (bicyclic) bond motifs is 1. The Morgan fingerprint density at radius 3 is 2.24 bits per heavy atom. The molecule has 5 nitrogen and oxygen atoms in total. The maximum Gasteiger partial charge on any atom is 0.227 e. The van der Waals surface area contributed by atoms with E-state index in [4.69, 9.17) is 0 Å². The number of likely N-dealkylation sites (tertiary alicyclic amines) is 1. The van der Waals surface area contributed by atoms with Gasteiger partial charge in [0.2, 0.25) is 11.8 Å². The highest BCUT2D eigenvalue weighted by molar-refractivity contribution is 5.83. The molecule has 0 saturated carbocycles. The lowest BCUT2D eigenvalue weighted by Gasteiger charge is -2.41. The first-order chi connectivity index (χ1) is 13.9. The molecule has 0 N–H and O–H groups in total. The molecule has 0 bridgehead atoms. The molecule has 1 atom stereocenters. The van der Waals surface area contributed by atoms with Gasteiger partial charge in [0.15, 0.2) is 0 Å². The molecule has 2 amide bonds. The van der Waals surface area contributed by atoms with Crippen molar-refractivity contribution in [3.8, 4) is 0 Å². The summed E-state index contributed by atoms with van der Waals surface area (Å²) >= 11 is 0. The molecular formula is C24H31N3O2. The summed E-state index contributed by atoms with van der Waals surface area (Å²) in [6, 6.07) is 14.5. The number of benzene rings is 1. The van der Waals surface area contributed by atoms with Crippen molar-refractivity contribution >= 4 is 11.8 Å². The van der Waals surface area contributed by atoms with Gasteiger partial charge < -0.3 is 14.4 Å². The summed E-state index contributed by atoms with van der Waals surface area (Å²) in [5.74, 6) is 0.405. The number of hydrogen-bond acceptors (Lipinski definition) is 2. The van der Waals surface area contributed by atoms with Crippen LogP contribution in [0.2, 0.25) is 0 Å². The van der Waals surface area contributed by atoms with Crippen LogP contribution >= 0.6 is 0 Å². The number of hydrogen-bond donors (Lipinski definition) is 0. The lowest BCUT2D eigenvalue weighted by Crippen LogP contribution is -2.49. The maximum atomic E-state index is 13.6. The van der Waals surface area contributed by atoms with Crippen LogP contribution in [-0.4, -0.2) is 45.8 Å². The Hall–Kier alpha value is -2.56. The minimum Gasteiger partial charge on any atom is -0.348 e. The summed E-state index contributed by atoms with van der Waals surface area (Å²) in [5, 5.41) is 0. The molecule has 29 heavy (non-hydrogen) atoms. The molecule has 154 valence electrons. The SMILES string of the molecule is CC(C)(C)C(=O)N1CCC(C(=O)N2CCn3cccc3C2c2ccccc2)CC1. The van der Waals surface area contributed by atoms with Crippen molar-refractivity contribution < 1.29 is 9.59 Å². The Bertz CT molecular complexity index is 873. The summed E-state index contributed by atoms with van der Waals surface area (Å²) in [5.41, 5.74) is 1.96. The molecule has 5 heteroatoms. The normalized spacial score (nSPS) is 20.4. The first-order valence-corrected chi connectivity index (χ1v) is 10.7. The standard InChI is InChI=1S/C24H31N3O2/c1-24(2,3)23(29)26-14-11-19(12-15-26)22(28)27-17-16-25-13-7-10-20(25)21(27)18-8-5-4-6-9-18/h4-10,13,19,21H,11-12,14-17H2,1-3H3. The number of rotatable bonds is 2. The first kappa shape index (κ1) is 19.7. The zero-order valence-corrected chi connectivity index (χ0v) is 17.7. The van der Waals surface area contributed by atoms with Crippen molar-refractivity contribution in [1.29, 1.82) is 0 Å². The third-order valence-electron chi connectivity index (χ3n) is 6.21. The third kappa shape index (κ3) is 3.83. The van der Waals surface area contributed by atoms with Gasteiger partial charge in [-0.25, -0.2) is 0 Å². The molecule has 1 fully saturated rings. The molecule has 1 saturated heterocycles. The molecule has 4 rings (SSSR count). The van der Waals surface area contributed by atoms with Gasteiger partial charge in [-0.05, 0) is 30.5 Å². The fraction of sp³-hybridized carbons (Fsp3) is 0.500. The largest absolute Gasteiger partial charge is 0.348 e. The van der Waals surface area contributed by atoms with Crippen LogP contribution in [0.3, 0.4) is 0 Å². The van der Waals surface area contributed by atoms with Gasteiger partial charge in [-0.2, -0.15) is 0 Å². The van der Waals surface area contributed by atoms with Gasteiger partial charge in [-0.3, -0.25) is 9.59 Å². The molecule has 0 aliphatic carbocycles. The van der Waals surface area contributed by atoms with E-state index in [2.05, 4.69) is 39.9 Å². The summed E-state index contributed by atoms with van der Waals surface area (Å²) in [6.45, 7) is 8.78. The van der Waals surface area contributed by atoms with E-state index in [9.17, 15) is 9.59 Å². The lowest BCUT2D eigenvalue weighted by atomic mass is 9.89. The van der Waals surface area contributed by atoms with Crippen molar-refractivity contribution in [3.63, 3.8) is 0 Å². The highest BCUT2D eigenvalue weighted by Gasteiger charge is 2.38. The van der Waals surface area contributed by atoms with E-state index in [0.29, 0.717) is 13.1 Å². The van der Waals surface area contributed by atoms with Gasteiger partial charge in [-0.1, -0.05) is 51.1 Å². The molecule has 2 aliphatic rings. The van der Waals surface area contributed by atoms with Crippen LogP contribution in [0.5, 0.6) is 0 Å². The van der Waals surface area contributed by atoms with E-state index in [1.807, 2.05) is 43.9 Å². The Balaban J connectivity index is 1.52. The second-order valence-electron chi connectivity index (χ2n) is 9.29. The van der Waals surface area contributed by atoms with Gasteiger partial charge >= 0.3 is 0 Å².